The molecule has 2 fully saturated rings. The highest BCUT2D eigenvalue weighted by molar-refractivity contribution is 5.85. The quantitative estimate of drug-likeness (QED) is 0.833. The number of aromatic nitrogens is 1. The first kappa shape index (κ1) is 13.9. The Morgan fingerprint density at radius 2 is 2.29 bits per heavy atom. The predicted octanol–water partition coefficient (Wildman–Crippen LogP) is 1.73. The van der Waals surface area contributed by atoms with Crippen molar-refractivity contribution in [2.45, 2.75) is 25.8 Å². The molecule has 2 atom stereocenters. The molecule has 2 saturated heterocycles. The number of nitrogens with zero attached hydrogens (tertiary/aromatic N) is 4. The Morgan fingerprint density at radius 3 is 2.95 bits per heavy atom. The molecule has 0 spiro atoms. The Morgan fingerprint density at radius 1 is 1.52 bits per heavy atom. The number of carbonyl (C=O) groups is 1. The summed E-state index contributed by atoms with van der Waals surface area (Å²) in [6, 6.07) is 3.34. The predicted molar refractivity (Wildman–Crippen MR) is 68.8 cm³/mol. The third-order valence-corrected chi connectivity index (χ3v) is 4.22. The van der Waals surface area contributed by atoms with Gasteiger partial charge in [0.1, 0.15) is 11.5 Å². The van der Waals surface area contributed by atoms with Crippen LogP contribution in [0, 0.1) is 16.7 Å². The second-order valence-corrected chi connectivity index (χ2v) is 5.68. The molecule has 0 bridgehead atoms. The zero-order chi connectivity index (χ0) is 15.2. The van der Waals surface area contributed by atoms with Crippen LogP contribution in [0.25, 0.3) is 0 Å². The number of rotatable bonds is 2. The minimum Gasteiger partial charge on any atom is -0.272 e. The molecule has 3 heterocycles. The lowest BCUT2D eigenvalue weighted by Gasteiger charge is -2.26. The van der Waals surface area contributed by atoms with E-state index in [1.807, 2.05) is 6.07 Å². The van der Waals surface area contributed by atoms with E-state index in [0.717, 1.165) is 0 Å². The molecule has 5 nitrogen and oxygen atoms in total. The summed E-state index contributed by atoms with van der Waals surface area (Å²) in [5, 5.41) is 12.0. The van der Waals surface area contributed by atoms with Gasteiger partial charge in [0, 0.05) is 25.5 Å². The number of hydrogen-bond acceptors (Lipinski definition) is 4. The van der Waals surface area contributed by atoms with Crippen LogP contribution in [0.1, 0.15) is 30.5 Å². The number of hydrazine groups is 1. The van der Waals surface area contributed by atoms with Crippen molar-refractivity contribution < 1.29 is 13.6 Å². The molecule has 110 valence electrons. The summed E-state index contributed by atoms with van der Waals surface area (Å²) in [5.74, 6) is -0.553. The van der Waals surface area contributed by atoms with Gasteiger partial charge in [0.25, 0.3) is 12.3 Å². The fourth-order valence-electron chi connectivity index (χ4n) is 3.00. The maximum absolute atomic E-state index is 13.2. The monoisotopic (exact) mass is 292 g/mol. The number of hydrogen-bond donors (Lipinski definition) is 0. The first-order valence-electron chi connectivity index (χ1n) is 6.69. The van der Waals surface area contributed by atoms with Gasteiger partial charge in [-0.3, -0.25) is 14.8 Å². The maximum Gasteiger partial charge on any atom is 0.254 e. The van der Waals surface area contributed by atoms with E-state index in [1.54, 1.807) is 17.3 Å². The van der Waals surface area contributed by atoms with Crippen molar-refractivity contribution in [3.05, 3.63) is 29.6 Å². The number of alkyl halides is 2. The van der Waals surface area contributed by atoms with Crippen molar-refractivity contribution in [3.63, 3.8) is 0 Å². The smallest absolute Gasteiger partial charge is 0.254 e. The molecule has 2 aliphatic rings. The van der Waals surface area contributed by atoms with Crippen LogP contribution in [0.4, 0.5) is 8.78 Å². The third kappa shape index (κ3) is 1.98. The van der Waals surface area contributed by atoms with E-state index in [-0.39, 0.29) is 12.6 Å². The van der Waals surface area contributed by atoms with E-state index in [1.165, 1.54) is 18.1 Å². The number of carbonyl (C=O) groups excluding carboxylic acids is 1. The van der Waals surface area contributed by atoms with E-state index in [4.69, 9.17) is 5.26 Å². The van der Waals surface area contributed by atoms with E-state index < -0.39 is 17.7 Å². The highest BCUT2D eigenvalue weighted by atomic mass is 19.3. The Labute approximate surface area is 120 Å². The number of fused-ring (bicyclic) bond motifs is 1. The fourth-order valence-corrected chi connectivity index (χ4v) is 3.00. The van der Waals surface area contributed by atoms with Gasteiger partial charge in [-0.25, -0.2) is 13.8 Å². The first-order chi connectivity index (χ1) is 9.97. The summed E-state index contributed by atoms with van der Waals surface area (Å²) in [7, 11) is 0. The van der Waals surface area contributed by atoms with Gasteiger partial charge >= 0.3 is 0 Å². The maximum atomic E-state index is 13.2. The van der Waals surface area contributed by atoms with Crippen molar-refractivity contribution in [1.82, 2.24) is 15.0 Å². The van der Waals surface area contributed by atoms with Crippen LogP contribution in [0.5, 0.6) is 0 Å². The number of amides is 1. The van der Waals surface area contributed by atoms with Crippen LogP contribution in [-0.2, 0) is 4.79 Å². The zero-order valence-electron chi connectivity index (χ0n) is 11.5. The van der Waals surface area contributed by atoms with Crippen molar-refractivity contribution in [3.8, 4) is 6.07 Å². The number of pyridine rings is 1. The van der Waals surface area contributed by atoms with E-state index >= 15 is 0 Å². The van der Waals surface area contributed by atoms with Crippen LogP contribution in [-0.4, -0.2) is 40.4 Å². The summed E-state index contributed by atoms with van der Waals surface area (Å²) in [4.78, 5) is 16.4. The first-order valence-corrected chi connectivity index (χ1v) is 6.69. The van der Waals surface area contributed by atoms with Crippen molar-refractivity contribution in [1.29, 1.82) is 5.26 Å². The van der Waals surface area contributed by atoms with Crippen LogP contribution in [0.2, 0.25) is 0 Å². The van der Waals surface area contributed by atoms with Gasteiger partial charge < -0.3 is 0 Å². The molecule has 0 N–H and O–H groups in total. The molecule has 0 aromatic carbocycles. The number of halogens is 2. The van der Waals surface area contributed by atoms with E-state index in [2.05, 4.69) is 4.98 Å². The second-order valence-electron chi connectivity index (χ2n) is 5.68. The molecule has 2 aliphatic heterocycles. The average Bonchev–Trinajstić information content (AvgIpc) is 2.99. The van der Waals surface area contributed by atoms with Gasteiger partial charge in [0.15, 0.2) is 0 Å². The van der Waals surface area contributed by atoms with Gasteiger partial charge in [0.05, 0.1) is 11.6 Å². The van der Waals surface area contributed by atoms with Gasteiger partial charge in [-0.05, 0) is 25.0 Å². The molecule has 0 radical (unpaired) electrons. The molecule has 1 aromatic heterocycles. The minimum atomic E-state index is -2.69. The van der Waals surface area contributed by atoms with E-state index in [0.29, 0.717) is 24.1 Å². The van der Waals surface area contributed by atoms with Crippen LogP contribution in [0.3, 0.4) is 0 Å². The van der Waals surface area contributed by atoms with Gasteiger partial charge in [-0.15, -0.1) is 0 Å². The average molecular weight is 292 g/mol. The Balaban J connectivity index is 1.94. The van der Waals surface area contributed by atoms with Crippen molar-refractivity contribution >= 4 is 5.91 Å². The third-order valence-electron chi connectivity index (χ3n) is 4.22. The Bertz CT molecular complexity index is 630. The second kappa shape index (κ2) is 4.74. The van der Waals surface area contributed by atoms with Crippen LogP contribution in [0.15, 0.2) is 18.5 Å². The van der Waals surface area contributed by atoms with Gasteiger partial charge in [-0.1, -0.05) is 0 Å². The summed E-state index contributed by atoms with van der Waals surface area (Å²) in [6.07, 6.45) is 0.979. The largest absolute Gasteiger partial charge is 0.272 e. The van der Waals surface area contributed by atoms with E-state index in [9.17, 15) is 13.6 Å². The van der Waals surface area contributed by atoms with Crippen LogP contribution >= 0.6 is 0 Å². The highest BCUT2D eigenvalue weighted by Gasteiger charge is 2.57. The lowest BCUT2D eigenvalue weighted by molar-refractivity contribution is -0.147. The number of nitriles is 1. The summed E-state index contributed by atoms with van der Waals surface area (Å²) in [5.41, 5.74) is -0.545. The molecular weight excluding hydrogens is 278 g/mol. The molecule has 1 amide bonds. The standard InChI is InChI=1S/C14H14F2N4O/c1-14(12(15)16)8-19-3-2-11(20(19)13(14)21)10-4-9(5-17)6-18-7-10/h4,6-7,11-12H,2-3,8H2,1H3/t11-,14+/m1/s1. The molecule has 0 unspecified atom stereocenters. The topological polar surface area (TPSA) is 60.2 Å². The molecule has 0 aliphatic carbocycles. The van der Waals surface area contributed by atoms with Crippen molar-refractivity contribution in [2.24, 2.45) is 5.41 Å². The minimum absolute atomic E-state index is 0.0331. The lowest BCUT2D eigenvalue weighted by Crippen LogP contribution is -2.39. The normalized spacial score (nSPS) is 29.0. The Kier molecular flexibility index (Phi) is 3.14. The summed E-state index contributed by atoms with van der Waals surface area (Å²) >= 11 is 0. The molecule has 21 heavy (non-hydrogen) atoms. The summed E-state index contributed by atoms with van der Waals surface area (Å²) < 4.78 is 26.4. The summed E-state index contributed by atoms with van der Waals surface area (Å²) in [6.45, 7) is 1.89. The SMILES string of the molecule is C[C@@]1(C(F)F)CN2CC[C@H](c3cncc(C#N)c3)N2C1=O. The Hall–Kier alpha value is -2.07. The van der Waals surface area contributed by atoms with Crippen molar-refractivity contribution in [2.75, 3.05) is 13.1 Å². The molecule has 1 aromatic rings. The molecule has 0 saturated carbocycles. The molecule has 3 rings (SSSR count). The van der Waals surface area contributed by atoms with Gasteiger partial charge in [0.2, 0.25) is 0 Å². The lowest BCUT2D eigenvalue weighted by atomic mass is 9.90. The molecular formula is C14H14F2N4O. The van der Waals surface area contributed by atoms with Gasteiger partial charge in [-0.2, -0.15) is 5.26 Å². The zero-order valence-corrected chi connectivity index (χ0v) is 11.5. The molecule has 7 heteroatoms. The highest BCUT2D eigenvalue weighted by Crippen LogP contribution is 2.44. The van der Waals surface area contributed by atoms with Crippen LogP contribution < -0.4 is 0 Å². The fraction of sp³-hybridized carbons (Fsp3) is 0.500.